The van der Waals surface area contributed by atoms with E-state index >= 15 is 0 Å². The maximum atomic E-state index is 12.3. The number of fused-ring (bicyclic) bond motifs is 1. The molecular weight excluding hydrogens is 414 g/mol. The standard InChI is InChI=1S/C18H15N5O2S3/c1-22(2)28(24,25)12-6-4-11(5-7-12)15-10-27-18-14(9-20)16(26-3)13(8-19)17(21)23(15)18/h4-7,10,21H,1-3H3. The van der Waals surface area contributed by atoms with Crippen LogP contribution in [-0.2, 0) is 10.0 Å². The van der Waals surface area contributed by atoms with Crippen LogP contribution >= 0.6 is 23.1 Å². The average molecular weight is 430 g/mol. The molecule has 0 aliphatic rings. The van der Waals surface area contributed by atoms with Crippen LogP contribution in [0.15, 0.2) is 39.4 Å². The fourth-order valence-corrected chi connectivity index (χ4v) is 5.46. The average Bonchev–Trinajstić information content (AvgIpc) is 3.13. The van der Waals surface area contributed by atoms with Gasteiger partial charge in [-0.05, 0) is 24.0 Å². The Hall–Kier alpha value is -2.63. The predicted molar refractivity (Wildman–Crippen MR) is 109 cm³/mol. The highest BCUT2D eigenvalue weighted by Crippen LogP contribution is 2.32. The van der Waals surface area contributed by atoms with Crippen molar-refractivity contribution < 1.29 is 8.42 Å². The quantitative estimate of drug-likeness (QED) is 0.641. The van der Waals surface area contributed by atoms with Gasteiger partial charge in [-0.15, -0.1) is 23.1 Å². The molecule has 0 aliphatic carbocycles. The second-order valence-corrected chi connectivity index (χ2v) is 9.76. The van der Waals surface area contributed by atoms with Crippen molar-refractivity contribution >= 4 is 38.0 Å². The molecule has 0 fully saturated rings. The Morgan fingerprint density at radius 3 is 2.25 bits per heavy atom. The van der Waals surface area contributed by atoms with Crippen molar-refractivity contribution in [1.29, 1.82) is 15.9 Å². The van der Waals surface area contributed by atoms with Crippen molar-refractivity contribution in [1.82, 2.24) is 8.71 Å². The number of hydrogen-bond acceptors (Lipinski definition) is 7. The van der Waals surface area contributed by atoms with Crippen LogP contribution < -0.4 is 5.49 Å². The van der Waals surface area contributed by atoms with Gasteiger partial charge in [0.2, 0.25) is 10.0 Å². The van der Waals surface area contributed by atoms with E-state index < -0.39 is 10.0 Å². The van der Waals surface area contributed by atoms with Crippen molar-refractivity contribution in [3.63, 3.8) is 0 Å². The van der Waals surface area contributed by atoms with E-state index in [1.165, 1.54) is 49.3 Å². The van der Waals surface area contributed by atoms with Crippen molar-refractivity contribution in [3.05, 3.63) is 46.3 Å². The number of thiazole rings is 1. The number of nitrogens with zero attached hydrogens (tertiary/aromatic N) is 4. The zero-order valence-electron chi connectivity index (χ0n) is 15.2. The Labute approximate surface area is 170 Å². The number of benzene rings is 1. The number of thioether (sulfide) groups is 1. The van der Waals surface area contributed by atoms with Crippen molar-refractivity contribution in [3.8, 4) is 23.4 Å². The molecule has 0 atom stereocenters. The van der Waals surface area contributed by atoms with Crippen molar-refractivity contribution in [2.24, 2.45) is 0 Å². The number of nitriles is 2. The van der Waals surface area contributed by atoms with Crippen LogP contribution in [-0.4, -0.2) is 37.5 Å². The number of sulfonamides is 1. The number of nitrogens with one attached hydrogen (secondary N) is 1. The van der Waals surface area contributed by atoms with Gasteiger partial charge >= 0.3 is 0 Å². The van der Waals surface area contributed by atoms with Gasteiger partial charge in [0.1, 0.15) is 33.6 Å². The highest BCUT2D eigenvalue weighted by atomic mass is 32.2. The topological polar surface area (TPSA) is 113 Å². The molecule has 0 saturated carbocycles. The molecule has 3 rings (SSSR count). The Balaban J connectivity index is 2.28. The molecule has 142 valence electrons. The fraction of sp³-hybridized carbons (Fsp3) is 0.167. The van der Waals surface area contributed by atoms with Gasteiger partial charge in [0.25, 0.3) is 0 Å². The fourth-order valence-electron chi connectivity index (χ4n) is 2.77. The maximum absolute atomic E-state index is 12.3. The van der Waals surface area contributed by atoms with Gasteiger partial charge < -0.3 is 0 Å². The van der Waals surface area contributed by atoms with E-state index in [2.05, 4.69) is 6.07 Å². The Morgan fingerprint density at radius 2 is 1.75 bits per heavy atom. The summed E-state index contributed by atoms with van der Waals surface area (Å²) in [5, 5.41) is 29.4. The van der Waals surface area contributed by atoms with Gasteiger partial charge in [-0.25, -0.2) is 12.7 Å². The Bertz CT molecular complexity index is 1320. The summed E-state index contributed by atoms with van der Waals surface area (Å²) in [5.41, 5.74) is 1.82. The van der Waals surface area contributed by atoms with E-state index in [0.717, 1.165) is 4.31 Å². The van der Waals surface area contributed by atoms with Gasteiger partial charge in [0.05, 0.1) is 10.6 Å². The van der Waals surface area contributed by atoms with Crippen LogP contribution in [0.4, 0.5) is 0 Å². The lowest BCUT2D eigenvalue weighted by Crippen LogP contribution is -2.22. The highest BCUT2D eigenvalue weighted by molar-refractivity contribution is 7.98. The zero-order valence-corrected chi connectivity index (χ0v) is 17.7. The highest BCUT2D eigenvalue weighted by Gasteiger charge is 2.21. The minimum Gasteiger partial charge on any atom is -0.283 e. The van der Waals surface area contributed by atoms with Crippen LogP contribution in [0.5, 0.6) is 0 Å². The molecule has 0 bridgehead atoms. The molecule has 7 nitrogen and oxygen atoms in total. The minimum atomic E-state index is -3.54. The van der Waals surface area contributed by atoms with Crippen molar-refractivity contribution in [2.75, 3.05) is 20.4 Å². The van der Waals surface area contributed by atoms with Crippen LogP contribution in [0.25, 0.3) is 16.1 Å². The molecule has 0 radical (unpaired) electrons. The normalized spacial score (nSPS) is 11.5. The molecule has 10 heteroatoms. The van der Waals surface area contributed by atoms with E-state index in [0.29, 0.717) is 26.5 Å². The van der Waals surface area contributed by atoms with Crippen molar-refractivity contribution in [2.45, 2.75) is 9.79 Å². The first-order chi connectivity index (χ1) is 13.3. The smallest absolute Gasteiger partial charge is 0.242 e. The molecule has 28 heavy (non-hydrogen) atoms. The summed E-state index contributed by atoms with van der Waals surface area (Å²) in [6.45, 7) is 0. The van der Waals surface area contributed by atoms with Gasteiger partial charge in [-0.2, -0.15) is 10.5 Å². The summed E-state index contributed by atoms with van der Waals surface area (Å²) in [6.07, 6.45) is 1.77. The third kappa shape index (κ3) is 3.01. The van der Waals surface area contributed by atoms with Crippen LogP contribution in [0.3, 0.4) is 0 Å². The molecule has 1 aromatic carbocycles. The van der Waals surface area contributed by atoms with Gasteiger partial charge in [0.15, 0.2) is 0 Å². The molecule has 2 heterocycles. The number of pyridine rings is 1. The number of hydrogen-bond donors (Lipinski definition) is 1. The summed E-state index contributed by atoms with van der Waals surface area (Å²) < 4.78 is 27.2. The van der Waals surface area contributed by atoms with E-state index in [4.69, 9.17) is 5.41 Å². The van der Waals surface area contributed by atoms with Crippen LogP contribution in [0, 0.1) is 28.1 Å². The van der Waals surface area contributed by atoms with E-state index in [1.807, 2.05) is 6.07 Å². The lowest BCUT2D eigenvalue weighted by Gasteiger charge is -2.12. The third-order valence-corrected chi connectivity index (χ3v) is 7.81. The van der Waals surface area contributed by atoms with E-state index in [-0.39, 0.29) is 15.9 Å². The lowest BCUT2D eigenvalue weighted by atomic mass is 10.1. The maximum Gasteiger partial charge on any atom is 0.242 e. The third-order valence-electron chi connectivity index (χ3n) is 4.21. The summed E-state index contributed by atoms with van der Waals surface area (Å²) in [7, 11) is -0.608. The minimum absolute atomic E-state index is 0.00193. The molecule has 1 N–H and O–H groups in total. The summed E-state index contributed by atoms with van der Waals surface area (Å²) in [4.78, 5) is 1.24. The van der Waals surface area contributed by atoms with E-state index in [9.17, 15) is 18.9 Å². The molecule has 0 spiro atoms. The summed E-state index contributed by atoms with van der Waals surface area (Å²) >= 11 is 2.58. The monoisotopic (exact) mass is 429 g/mol. The second-order valence-electron chi connectivity index (χ2n) is 5.93. The summed E-state index contributed by atoms with van der Waals surface area (Å²) in [6, 6.07) is 10.5. The first-order valence-corrected chi connectivity index (χ1v) is 11.4. The van der Waals surface area contributed by atoms with Gasteiger partial charge in [0, 0.05) is 24.4 Å². The molecule has 0 saturated heterocycles. The molecule has 0 unspecified atom stereocenters. The SMILES string of the molecule is CSc1c(C#N)c(=N)n2c(-c3ccc(S(=O)(=O)N(C)C)cc3)csc2c1C#N. The molecule has 2 aromatic heterocycles. The van der Waals surface area contributed by atoms with Crippen LogP contribution in [0.2, 0.25) is 0 Å². The molecule has 0 amide bonds. The molecule has 3 aromatic rings. The first kappa shape index (κ1) is 20.1. The molecular formula is C18H15N5O2S3. The van der Waals surface area contributed by atoms with Gasteiger partial charge in [-0.3, -0.25) is 9.81 Å². The first-order valence-electron chi connectivity index (χ1n) is 7.89. The lowest BCUT2D eigenvalue weighted by molar-refractivity contribution is 0.521. The molecule has 0 aliphatic heterocycles. The second kappa shape index (κ2) is 7.41. The number of rotatable bonds is 4. The zero-order chi connectivity index (χ0) is 20.6. The largest absolute Gasteiger partial charge is 0.283 e. The Morgan fingerprint density at radius 1 is 1.14 bits per heavy atom. The Kier molecular flexibility index (Phi) is 5.33. The van der Waals surface area contributed by atoms with E-state index in [1.54, 1.807) is 28.2 Å². The van der Waals surface area contributed by atoms with Gasteiger partial charge in [-0.1, -0.05) is 12.1 Å². The number of aromatic nitrogens is 1. The van der Waals surface area contributed by atoms with Crippen LogP contribution in [0.1, 0.15) is 11.1 Å². The predicted octanol–water partition coefficient (Wildman–Crippen LogP) is 2.86. The summed E-state index contributed by atoms with van der Waals surface area (Å²) in [5.74, 6) is 0.